The molecule has 0 spiro atoms. The van der Waals surface area contributed by atoms with E-state index >= 15 is 0 Å². The van der Waals surface area contributed by atoms with Crippen LogP contribution >= 0.6 is 0 Å². The predicted molar refractivity (Wildman–Crippen MR) is 173 cm³/mol. The summed E-state index contributed by atoms with van der Waals surface area (Å²) in [6.07, 6.45) is 18.2. The molecule has 42 heavy (non-hydrogen) atoms. The van der Waals surface area contributed by atoms with Crippen molar-refractivity contribution in [3.05, 3.63) is 34.6 Å². The molecule has 0 aromatic heterocycles. The van der Waals surface area contributed by atoms with Gasteiger partial charge in [0, 0.05) is 11.5 Å². The molecule has 1 aliphatic rings. The molecular weight excluding hydrogens is 528 g/mol. The maximum absolute atomic E-state index is 10.9. The molecule has 6 nitrogen and oxygen atoms in total. The van der Waals surface area contributed by atoms with Crippen LogP contribution in [0.4, 0.5) is 0 Å². The molecular formula is C36H64O6. The van der Waals surface area contributed by atoms with Crippen molar-refractivity contribution in [2.45, 2.75) is 169 Å². The zero-order chi connectivity index (χ0) is 31.8. The fourth-order valence-corrected chi connectivity index (χ4v) is 5.77. The number of aliphatic hydroxyl groups is 3. The van der Waals surface area contributed by atoms with E-state index < -0.39 is 23.3 Å². The van der Waals surface area contributed by atoms with Crippen LogP contribution in [0.5, 0.6) is 0 Å². The summed E-state index contributed by atoms with van der Waals surface area (Å²) in [4.78, 5) is 10.9. The van der Waals surface area contributed by atoms with E-state index in [1.165, 1.54) is 32.1 Å². The molecule has 244 valence electrons. The van der Waals surface area contributed by atoms with Gasteiger partial charge in [0.15, 0.2) is 0 Å². The van der Waals surface area contributed by atoms with Crippen molar-refractivity contribution in [1.29, 1.82) is 0 Å². The Hall–Kier alpha value is -1.63. The lowest BCUT2D eigenvalue weighted by molar-refractivity contribution is -0.132. The Kier molecular flexibility index (Phi) is 17.9. The molecule has 0 aromatic rings. The molecule has 4 N–H and O–H groups in total. The summed E-state index contributed by atoms with van der Waals surface area (Å²) in [7, 11) is 0. The Morgan fingerprint density at radius 3 is 2.21 bits per heavy atom. The number of aliphatic carboxylic acids is 1. The maximum atomic E-state index is 10.9. The average molecular weight is 593 g/mol. The first-order chi connectivity index (χ1) is 19.7. The quantitative estimate of drug-likeness (QED) is 0.0699. The number of hydrogen-bond donors (Lipinski definition) is 4. The Labute approximate surface area is 257 Å². The number of carboxylic acid groups (broad SMARTS) is 1. The van der Waals surface area contributed by atoms with Gasteiger partial charge in [-0.25, -0.2) is 4.79 Å². The van der Waals surface area contributed by atoms with Crippen molar-refractivity contribution in [2.75, 3.05) is 6.61 Å². The first-order valence-electron chi connectivity index (χ1n) is 16.8. The fraction of sp³-hybridized carbons (Fsp3) is 0.806. The molecule has 0 radical (unpaired) electrons. The first kappa shape index (κ1) is 38.4. The number of rotatable bonds is 23. The van der Waals surface area contributed by atoms with E-state index in [4.69, 9.17) is 9.84 Å². The normalized spacial score (nSPS) is 21.5. The fourth-order valence-electron chi connectivity index (χ4n) is 5.77. The molecule has 0 fully saturated rings. The highest BCUT2D eigenvalue weighted by atomic mass is 16.5. The molecule has 6 heteroatoms. The molecule has 0 aromatic carbocycles. The third kappa shape index (κ3) is 15.7. The smallest absolute Gasteiger partial charge is 0.330 e. The van der Waals surface area contributed by atoms with Gasteiger partial charge in [0.2, 0.25) is 0 Å². The third-order valence-corrected chi connectivity index (χ3v) is 9.18. The van der Waals surface area contributed by atoms with E-state index in [1.807, 2.05) is 13.0 Å². The monoisotopic (exact) mass is 592 g/mol. The summed E-state index contributed by atoms with van der Waals surface area (Å²) in [5.41, 5.74) is 0.959. The minimum absolute atomic E-state index is 0.0784. The molecule has 0 amide bonds. The Morgan fingerprint density at radius 2 is 1.57 bits per heavy atom. The lowest BCUT2D eigenvalue weighted by atomic mass is 9.84. The largest absolute Gasteiger partial charge is 0.493 e. The predicted octanol–water partition coefficient (Wildman–Crippen LogP) is 8.64. The number of hydrogen-bond acceptors (Lipinski definition) is 5. The van der Waals surface area contributed by atoms with Gasteiger partial charge in [-0.05, 0) is 109 Å². The average Bonchev–Trinajstić information content (AvgIpc) is 2.90. The molecule has 0 bridgehead atoms. The SMILES string of the molecule is CCCCCCCCOC1=C(C)C(C)C(O)C=C1CCC(C)CCCC(C)(O)CCCC(C)(O)CC/C=C(\C)C(=O)O. The third-order valence-electron chi connectivity index (χ3n) is 9.18. The number of unbranched alkanes of at least 4 members (excludes halogenated alkanes) is 5. The Bertz CT molecular complexity index is 881. The van der Waals surface area contributed by atoms with E-state index in [2.05, 4.69) is 27.7 Å². The molecule has 1 rings (SSSR count). The van der Waals surface area contributed by atoms with Crippen LogP contribution in [-0.2, 0) is 9.53 Å². The zero-order valence-corrected chi connectivity index (χ0v) is 28.0. The van der Waals surface area contributed by atoms with Crippen LogP contribution < -0.4 is 0 Å². The Balaban J connectivity index is 2.43. The van der Waals surface area contributed by atoms with Gasteiger partial charge in [-0.15, -0.1) is 0 Å². The standard InChI is InChI=1S/C36H64O6/c1-8-9-10-11-12-13-25-42-33-30(5)29(4)32(37)26-31(33)20-19-27(2)17-14-21-35(6,40)23-16-24-36(7,41)22-15-18-28(3)34(38)39/h18,26-27,29,32,37,40-41H,8-17,19-25H2,1-7H3,(H,38,39)/b28-18+. The van der Waals surface area contributed by atoms with Crippen molar-refractivity contribution < 1.29 is 30.0 Å². The first-order valence-corrected chi connectivity index (χ1v) is 16.8. The highest BCUT2D eigenvalue weighted by Crippen LogP contribution is 2.35. The van der Waals surface area contributed by atoms with Crippen LogP contribution in [-0.4, -0.2) is 50.3 Å². The van der Waals surface area contributed by atoms with Crippen molar-refractivity contribution in [3.8, 4) is 0 Å². The molecule has 5 unspecified atom stereocenters. The summed E-state index contributed by atoms with van der Waals surface area (Å²) in [5, 5.41) is 41.1. The van der Waals surface area contributed by atoms with Gasteiger partial charge in [0.25, 0.3) is 0 Å². The van der Waals surface area contributed by atoms with Gasteiger partial charge >= 0.3 is 5.97 Å². The van der Waals surface area contributed by atoms with Crippen molar-refractivity contribution in [2.24, 2.45) is 11.8 Å². The lowest BCUT2D eigenvalue weighted by Crippen LogP contribution is -2.28. The van der Waals surface area contributed by atoms with Crippen LogP contribution in [0.3, 0.4) is 0 Å². The topological polar surface area (TPSA) is 107 Å². The summed E-state index contributed by atoms with van der Waals surface area (Å²) in [5.74, 6) is 0.653. The van der Waals surface area contributed by atoms with E-state index in [9.17, 15) is 20.1 Å². The number of aliphatic hydroxyl groups excluding tert-OH is 1. The van der Waals surface area contributed by atoms with Gasteiger partial charge in [0.05, 0.1) is 23.9 Å². The van der Waals surface area contributed by atoms with Gasteiger partial charge < -0.3 is 25.2 Å². The molecule has 0 heterocycles. The lowest BCUT2D eigenvalue weighted by Gasteiger charge is -2.29. The van der Waals surface area contributed by atoms with E-state index in [1.54, 1.807) is 19.9 Å². The number of carboxylic acids is 1. The van der Waals surface area contributed by atoms with E-state index in [0.717, 1.165) is 68.5 Å². The maximum Gasteiger partial charge on any atom is 0.330 e. The van der Waals surface area contributed by atoms with Gasteiger partial charge in [-0.1, -0.05) is 71.8 Å². The van der Waals surface area contributed by atoms with Crippen molar-refractivity contribution >= 4 is 5.97 Å². The highest BCUT2D eigenvalue weighted by Gasteiger charge is 2.27. The second-order valence-electron chi connectivity index (χ2n) is 13.7. The Morgan fingerprint density at radius 1 is 0.976 bits per heavy atom. The molecule has 0 aliphatic heterocycles. The molecule has 1 aliphatic carbocycles. The number of ether oxygens (including phenoxy) is 1. The van der Waals surface area contributed by atoms with Crippen LogP contribution in [0.15, 0.2) is 34.6 Å². The van der Waals surface area contributed by atoms with Gasteiger partial charge in [0.1, 0.15) is 5.76 Å². The summed E-state index contributed by atoms with van der Waals surface area (Å²) >= 11 is 0. The molecule has 5 atom stereocenters. The zero-order valence-electron chi connectivity index (χ0n) is 28.0. The highest BCUT2D eigenvalue weighted by molar-refractivity contribution is 5.85. The second-order valence-corrected chi connectivity index (χ2v) is 13.7. The van der Waals surface area contributed by atoms with Gasteiger partial charge in [-0.3, -0.25) is 0 Å². The summed E-state index contributed by atoms with van der Waals surface area (Å²) < 4.78 is 6.32. The minimum Gasteiger partial charge on any atom is -0.493 e. The van der Waals surface area contributed by atoms with Crippen LogP contribution in [0.1, 0.15) is 151 Å². The minimum atomic E-state index is -0.927. The van der Waals surface area contributed by atoms with E-state index in [-0.39, 0.29) is 5.92 Å². The summed E-state index contributed by atoms with van der Waals surface area (Å²) in [6.45, 7) is 14.6. The second kappa shape index (κ2) is 19.6. The molecule has 0 saturated heterocycles. The van der Waals surface area contributed by atoms with Crippen LogP contribution in [0.25, 0.3) is 0 Å². The van der Waals surface area contributed by atoms with Gasteiger partial charge in [-0.2, -0.15) is 0 Å². The summed E-state index contributed by atoms with van der Waals surface area (Å²) in [6, 6.07) is 0. The molecule has 0 saturated carbocycles. The number of allylic oxidation sites excluding steroid dienone is 2. The van der Waals surface area contributed by atoms with E-state index in [0.29, 0.717) is 37.2 Å². The number of carbonyl (C=O) groups is 1. The van der Waals surface area contributed by atoms with Crippen molar-refractivity contribution in [3.63, 3.8) is 0 Å². The van der Waals surface area contributed by atoms with Crippen molar-refractivity contribution in [1.82, 2.24) is 0 Å². The van der Waals surface area contributed by atoms with Crippen LogP contribution in [0.2, 0.25) is 0 Å². The van der Waals surface area contributed by atoms with Crippen LogP contribution in [0, 0.1) is 11.8 Å².